The quantitative estimate of drug-likeness (QED) is 0.428. The van der Waals surface area contributed by atoms with Crippen LogP contribution in [0.15, 0.2) is 46.9 Å². The van der Waals surface area contributed by atoms with Gasteiger partial charge in [-0.2, -0.15) is 0 Å². The molecule has 11 nitrogen and oxygen atoms in total. The normalized spacial score (nSPS) is 18.9. The first kappa shape index (κ1) is 25.0. The monoisotopic (exact) mass is 514 g/mol. The van der Waals surface area contributed by atoms with Crippen LogP contribution in [-0.2, 0) is 26.9 Å². The molecule has 2 aliphatic rings. The Morgan fingerprint density at radius 3 is 2.50 bits per heavy atom. The van der Waals surface area contributed by atoms with Crippen molar-refractivity contribution in [2.45, 2.75) is 25.9 Å². The summed E-state index contributed by atoms with van der Waals surface area (Å²) in [5.74, 6) is -0.319. The summed E-state index contributed by atoms with van der Waals surface area (Å²) in [6, 6.07) is 10.6. The van der Waals surface area contributed by atoms with E-state index in [4.69, 9.17) is 9.15 Å². The number of fused-ring (bicyclic) bond motifs is 2. The Kier molecular flexibility index (Phi) is 6.39. The molecule has 1 saturated heterocycles. The zero-order valence-electron chi connectivity index (χ0n) is 20.2. The maximum atomic E-state index is 13.1. The van der Waals surface area contributed by atoms with Gasteiger partial charge < -0.3 is 19.4 Å². The molecule has 0 spiro atoms. The molecule has 0 bridgehead atoms. The van der Waals surface area contributed by atoms with Gasteiger partial charge in [0, 0.05) is 23.2 Å². The third kappa shape index (κ3) is 4.47. The first-order valence-corrected chi connectivity index (χ1v) is 13.1. The minimum Gasteiger partial charge on any atom is -0.497 e. The minimum absolute atomic E-state index is 0.115. The zero-order valence-corrected chi connectivity index (χ0v) is 21.0. The number of urea groups is 1. The summed E-state index contributed by atoms with van der Waals surface area (Å²) in [4.78, 5) is 39.7. The Bertz CT molecular complexity index is 1480. The lowest BCUT2D eigenvalue weighted by atomic mass is 9.95. The van der Waals surface area contributed by atoms with Crippen molar-refractivity contribution in [1.29, 1.82) is 0 Å². The predicted molar refractivity (Wildman–Crippen MR) is 132 cm³/mol. The minimum atomic E-state index is -3.49. The second-order valence-corrected chi connectivity index (χ2v) is 9.98. The number of ether oxygens (including phenoxy) is 1. The van der Waals surface area contributed by atoms with E-state index in [0.717, 1.165) is 11.8 Å². The third-order valence-corrected chi connectivity index (χ3v) is 6.41. The van der Waals surface area contributed by atoms with Gasteiger partial charge in [0.1, 0.15) is 17.1 Å². The summed E-state index contributed by atoms with van der Waals surface area (Å²) >= 11 is 0. The predicted octanol–water partition coefficient (Wildman–Crippen LogP) is 2.53. The van der Waals surface area contributed by atoms with E-state index in [9.17, 15) is 22.8 Å². The number of carbonyl (C=O) groups is 3. The van der Waals surface area contributed by atoms with Crippen molar-refractivity contribution in [3.63, 3.8) is 0 Å². The van der Waals surface area contributed by atoms with E-state index >= 15 is 0 Å². The fourth-order valence-electron chi connectivity index (χ4n) is 4.27. The van der Waals surface area contributed by atoms with Gasteiger partial charge in [-0.25, -0.2) is 13.2 Å². The van der Waals surface area contributed by atoms with Crippen LogP contribution >= 0.6 is 0 Å². The van der Waals surface area contributed by atoms with Gasteiger partial charge in [-0.3, -0.25) is 19.6 Å². The van der Waals surface area contributed by atoms with Crippen LogP contribution in [0, 0.1) is 0 Å². The molecule has 3 N–H and O–H groups in total. The van der Waals surface area contributed by atoms with Crippen molar-refractivity contribution in [3.05, 3.63) is 59.4 Å². The molecule has 1 fully saturated rings. The van der Waals surface area contributed by atoms with Crippen LogP contribution in [0.5, 0.6) is 5.75 Å². The summed E-state index contributed by atoms with van der Waals surface area (Å²) in [6.07, 6.45) is 1.03. The lowest BCUT2D eigenvalue weighted by molar-refractivity contribution is -0.125. The average Bonchev–Trinajstić information content (AvgIpc) is 3.48. The highest BCUT2D eigenvalue weighted by molar-refractivity contribution is 7.92. The fraction of sp³-hybridized carbons (Fsp3) is 0.292. The van der Waals surface area contributed by atoms with Crippen LogP contribution < -0.4 is 20.1 Å². The van der Waals surface area contributed by atoms with E-state index in [2.05, 4.69) is 15.4 Å². The number of hydrogen-bond donors (Lipinski definition) is 3. The number of sulfonamides is 1. The van der Waals surface area contributed by atoms with Gasteiger partial charge in [-0.1, -0.05) is 19.9 Å². The molecule has 0 saturated carbocycles. The van der Waals surface area contributed by atoms with Gasteiger partial charge in [0.25, 0.3) is 11.8 Å². The summed E-state index contributed by atoms with van der Waals surface area (Å²) in [5, 5.41) is 5.35. The lowest BCUT2D eigenvalue weighted by Crippen LogP contribution is -2.52. The highest BCUT2D eigenvalue weighted by Gasteiger charge is 2.53. The number of benzene rings is 2. The molecule has 0 radical (unpaired) electrons. The highest BCUT2D eigenvalue weighted by atomic mass is 32.2. The Hall–Kier alpha value is -4.06. The maximum Gasteiger partial charge on any atom is 0.322 e. The van der Waals surface area contributed by atoms with E-state index in [1.54, 1.807) is 36.4 Å². The number of carbonyl (C=O) groups excluding carboxylic acids is 3. The molecule has 190 valence electrons. The highest BCUT2D eigenvalue weighted by Crippen LogP contribution is 2.35. The largest absolute Gasteiger partial charge is 0.497 e. The SMILES string of the molecule is CC.COc1ccc2c(c1)C(=O)N(C[C@@]1(c3cc4cc(NS(C)(=O)=O)ccc4o3)NC(=O)NC1=O)C2. The number of imide groups is 1. The number of hydrogen-bond acceptors (Lipinski definition) is 7. The van der Waals surface area contributed by atoms with Gasteiger partial charge in [0.05, 0.1) is 19.9 Å². The van der Waals surface area contributed by atoms with Crippen LogP contribution in [-0.4, -0.2) is 51.1 Å². The van der Waals surface area contributed by atoms with Gasteiger partial charge in [0.2, 0.25) is 10.0 Å². The molecule has 5 rings (SSSR count). The average molecular weight is 515 g/mol. The Morgan fingerprint density at radius 1 is 1.11 bits per heavy atom. The Balaban J connectivity index is 0.00000148. The van der Waals surface area contributed by atoms with Gasteiger partial charge in [-0.05, 0) is 42.0 Å². The zero-order chi connectivity index (χ0) is 26.3. The molecule has 12 heteroatoms. The lowest BCUT2D eigenvalue weighted by Gasteiger charge is -2.29. The summed E-state index contributed by atoms with van der Waals surface area (Å²) in [7, 11) is -1.99. The second-order valence-electron chi connectivity index (χ2n) is 8.24. The Labute approximate surface area is 207 Å². The molecular formula is C24H26N4O7S. The fourth-order valence-corrected chi connectivity index (χ4v) is 4.82. The molecule has 0 aliphatic carbocycles. The van der Waals surface area contributed by atoms with E-state index in [1.807, 2.05) is 13.8 Å². The summed E-state index contributed by atoms with van der Waals surface area (Å²) in [6.45, 7) is 4.07. The number of nitrogens with zero attached hydrogens (tertiary/aromatic N) is 1. The summed E-state index contributed by atoms with van der Waals surface area (Å²) < 4.78 is 36.6. The van der Waals surface area contributed by atoms with Crippen molar-refractivity contribution in [1.82, 2.24) is 15.5 Å². The topological polar surface area (TPSA) is 147 Å². The molecule has 36 heavy (non-hydrogen) atoms. The molecule has 1 atom stereocenters. The van der Waals surface area contributed by atoms with Crippen LogP contribution in [0.25, 0.3) is 11.0 Å². The molecule has 2 aromatic carbocycles. The first-order chi connectivity index (χ1) is 17.1. The molecule has 3 aromatic rings. The molecule has 0 unspecified atom stereocenters. The van der Waals surface area contributed by atoms with Gasteiger partial charge >= 0.3 is 6.03 Å². The van der Waals surface area contributed by atoms with Crippen molar-refractivity contribution < 1.29 is 32.0 Å². The maximum absolute atomic E-state index is 13.1. The third-order valence-electron chi connectivity index (χ3n) is 5.81. The number of nitrogens with one attached hydrogen (secondary N) is 3. The van der Waals surface area contributed by atoms with E-state index in [-0.39, 0.29) is 24.8 Å². The second kappa shape index (κ2) is 9.19. The van der Waals surface area contributed by atoms with E-state index in [0.29, 0.717) is 28.0 Å². The number of rotatable bonds is 6. The van der Waals surface area contributed by atoms with Crippen molar-refractivity contribution in [2.75, 3.05) is 24.6 Å². The molecule has 2 aliphatic heterocycles. The molecular weight excluding hydrogens is 488 g/mol. The smallest absolute Gasteiger partial charge is 0.322 e. The van der Waals surface area contributed by atoms with Crippen molar-refractivity contribution in [3.8, 4) is 5.75 Å². The standard InChI is InChI=1S/C22H20N4O7S.C2H6/c1-32-15-5-3-12-10-26(19(27)16(12)9-15)11-22(20(28)23-21(29)24-22)18-8-13-7-14(25-34(2,30)31)4-6-17(13)33-18;1-2/h3-9,25H,10-11H2,1-2H3,(H2,23,24,28,29);1-2H3/t22-;/m0./s1. The van der Waals surface area contributed by atoms with Gasteiger partial charge in [-0.15, -0.1) is 0 Å². The summed E-state index contributed by atoms with van der Waals surface area (Å²) in [5.41, 5.74) is 0.258. The van der Waals surface area contributed by atoms with E-state index < -0.39 is 27.5 Å². The molecule has 4 amide bonds. The number of methoxy groups -OCH3 is 1. The van der Waals surface area contributed by atoms with E-state index in [1.165, 1.54) is 18.1 Å². The van der Waals surface area contributed by atoms with Crippen LogP contribution in [0.2, 0.25) is 0 Å². The van der Waals surface area contributed by atoms with Crippen molar-refractivity contribution in [2.24, 2.45) is 0 Å². The first-order valence-electron chi connectivity index (χ1n) is 11.2. The molecule has 1 aromatic heterocycles. The van der Waals surface area contributed by atoms with Crippen LogP contribution in [0.3, 0.4) is 0 Å². The number of anilines is 1. The molecule has 3 heterocycles. The number of furan rings is 1. The van der Waals surface area contributed by atoms with Crippen molar-refractivity contribution >= 4 is 44.5 Å². The van der Waals surface area contributed by atoms with Crippen LogP contribution in [0.4, 0.5) is 10.5 Å². The Morgan fingerprint density at radius 2 is 1.86 bits per heavy atom. The van der Waals surface area contributed by atoms with Crippen LogP contribution in [0.1, 0.15) is 35.5 Å². The number of amides is 4. The van der Waals surface area contributed by atoms with Gasteiger partial charge in [0.15, 0.2) is 5.54 Å².